The van der Waals surface area contributed by atoms with E-state index in [2.05, 4.69) is 6.92 Å². The number of carbonyl (C=O) groups excluding carboxylic acids is 2. The molecule has 29 heavy (non-hydrogen) atoms. The lowest BCUT2D eigenvalue weighted by molar-refractivity contribution is -0.194. The van der Waals surface area contributed by atoms with E-state index in [1.54, 1.807) is 14.0 Å². The molecular weight excluding hydrogens is 368 g/mol. The number of fused-ring (bicyclic) bond motifs is 5. The Morgan fingerprint density at radius 2 is 1.83 bits per heavy atom. The Bertz CT molecular complexity index is 635. The summed E-state index contributed by atoms with van der Waals surface area (Å²) in [5.74, 6) is 2.08. The van der Waals surface area contributed by atoms with Crippen LogP contribution >= 0.6 is 0 Å². The molecule has 0 aliphatic heterocycles. The molecule has 0 N–H and O–H groups in total. The molecule has 0 saturated heterocycles. The van der Waals surface area contributed by atoms with Crippen LogP contribution in [0.4, 0.5) is 0 Å². The predicted octanol–water partition coefficient (Wildman–Crippen LogP) is 4.03. The Hall–Kier alpha value is -0.780. The molecule has 0 aromatic heterocycles. The molecule has 4 aliphatic rings. The van der Waals surface area contributed by atoms with Gasteiger partial charge >= 0.3 is 0 Å². The summed E-state index contributed by atoms with van der Waals surface area (Å²) in [6, 6.07) is 0. The molecule has 0 spiro atoms. The second-order valence-corrected chi connectivity index (χ2v) is 10.4. The van der Waals surface area contributed by atoms with Crippen LogP contribution in [0.5, 0.6) is 0 Å². The van der Waals surface area contributed by atoms with Crippen molar-refractivity contribution >= 4 is 12.1 Å². The zero-order chi connectivity index (χ0) is 20.8. The van der Waals surface area contributed by atoms with Gasteiger partial charge in [0.1, 0.15) is 18.9 Å². The first-order chi connectivity index (χ1) is 13.9. The van der Waals surface area contributed by atoms with E-state index in [4.69, 9.17) is 14.2 Å². The molecule has 0 heterocycles. The van der Waals surface area contributed by atoms with E-state index in [9.17, 15) is 9.59 Å². The fourth-order valence-electron chi connectivity index (χ4n) is 8.41. The number of ether oxygens (including phenoxy) is 3. The van der Waals surface area contributed by atoms with Crippen molar-refractivity contribution in [2.24, 2.45) is 40.4 Å². The number of hydrogen-bond donors (Lipinski definition) is 0. The highest BCUT2D eigenvalue weighted by Gasteiger charge is 2.65. The zero-order valence-electron chi connectivity index (χ0n) is 18.5. The van der Waals surface area contributed by atoms with Crippen LogP contribution in [0.3, 0.4) is 0 Å². The Labute approximate surface area is 175 Å². The number of Topliss-reactive ketones (excluding diaryl/α,β-unsaturated/α-hetero) is 1. The summed E-state index contributed by atoms with van der Waals surface area (Å²) >= 11 is 0. The van der Waals surface area contributed by atoms with Crippen molar-refractivity contribution in [3.8, 4) is 0 Å². The van der Waals surface area contributed by atoms with Gasteiger partial charge in [0.15, 0.2) is 0 Å². The molecule has 4 saturated carbocycles. The molecule has 5 heteroatoms. The van der Waals surface area contributed by atoms with Crippen molar-refractivity contribution in [3.05, 3.63) is 0 Å². The minimum absolute atomic E-state index is 0.0874. The standard InChI is InChI=1S/C24H38O5/c1-15(26)24-10-8-19-18(20(24)6-5-16(24)13-25)12-22(28-4)21-11-17(29-14-27-3)7-9-23(19,21)2/h13,16-22H,5-12,14H2,1-4H3/t16-,17-,18-,19+,20+,21-,22?,23-,24+/m1/s1. The van der Waals surface area contributed by atoms with Crippen LogP contribution in [0.1, 0.15) is 65.2 Å². The maximum absolute atomic E-state index is 12.9. The van der Waals surface area contributed by atoms with Crippen LogP contribution in [0, 0.1) is 40.4 Å². The quantitative estimate of drug-likeness (QED) is 0.492. The average Bonchev–Trinajstić information content (AvgIpc) is 3.12. The molecule has 5 nitrogen and oxygen atoms in total. The summed E-state index contributed by atoms with van der Waals surface area (Å²) in [6.07, 6.45) is 9.63. The van der Waals surface area contributed by atoms with E-state index < -0.39 is 5.41 Å². The van der Waals surface area contributed by atoms with Gasteiger partial charge < -0.3 is 19.0 Å². The molecule has 0 radical (unpaired) electrons. The average molecular weight is 407 g/mol. The van der Waals surface area contributed by atoms with Crippen LogP contribution in [0.25, 0.3) is 0 Å². The van der Waals surface area contributed by atoms with E-state index in [1.807, 2.05) is 7.11 Å². The van der Waals surface area contributed by atoms with Gasteiger partial charge in [-0.05, 0) is 87.4 Å². The smallest absolute Gasteiger partial charge is 0.146 e. The van der Waals surface area contributed by atoms with Crippen LogP contribution in [-0.4, -0.2) is 45.3 Å². The zero-order valence-corrected chi connectivity index (χ0v) is 18.5. The van der Waals surface area contributed by atoms with E-state index in [0.717, 1.165) is 57.7 Å². The highest BCUT2D eigenvalue weighted by molar-refractivity contribution is 5.87. The highest BCUT2D eigenvalue weighted by Crippen LogP contribution is 2.67. The van der Waals surface area contributed by atoms with E-state index in [1.165, 1.54) is 0 Å². The van der Waals surface area contributed by atoms with Gasteiger partial charge in [0.05, 0.1) is 12.2 Å². The SMILES string of the molecule is COCO[C@@H]1CC[C@@]2(C)[C@H](C1)C(OC)C[C@@H]1[C@@H]2CC[C@]2(C(C)=O)[C@@H](C=O)CC[C@@H]12. The molecule has 0 bridgehead atoms. The first-order valence-corrected chi connectivity index (χ1v) is 11.5. The van der Waals surface area contributed by atoms with Crippen molar-refractivity contribution in [2.45, 2.75) is 77.4 Å². The number of aldehydes is 1. The van der Waals surface area contributed by atoms with Gasteiger partial charge in [-0.3, -0.25) is 4.79 Å². The minimum atomic E-state index is -0.414. The summed E-state index contributed by atoms with van der Waals surface area (Å²) in [5, 5.41) is 0. The maximum atomic E-state index is 12.9. The summed E-state index contributed by atoms with van der Waals surface area (Å²) in [6.45, 7) is 4.56. The molecule has 4 rings (SSSR count). The number of rotatable bonds is 6. The molecule has 4 aliphatic carbocycles. The Kier molecular flexibility index (Phi) is 5.95. The van der Waals surface area contributed by atoms with Crippen molar-refractivity contribution in [1.29, 1.82) is 0 Å². The lowest BCUT2D eigenvalue weighted by Gasteiger charge is -2.62. The van der Waals surface area contributed by atoms with E-state index in [0.29, 0.717) is 30.5 Å². The summed E-state index contributed by atoms with van der Waals surface area (Å²) in [5.41, 5.74) is -0.193. The fourth-order valence-corrected chi connectivity index (χ4v) is 8.41. The van der Waals surface area contributed by atoms with Gasteiger partial charge in [-0.25, -0.2) is 0 Å². The molecular formula is C24H38O5. The predicted molar refractivity (Wildman–Crippen MR) is 109 cm³/mol. The van der Waals surface area contributed by atoms with Crippen molar-refractivity contribution in [1.82, 2.24) is 0 Å². The summed E-state index contributed by atoms with van der Waals surface area (Å²) in [4.78, 5) is 24.7. The Morgan fingerprint density at radius 1 is 1.03 bits per heavy atom. The number of methoxy groups -OCH3 is 2. The number of ketones is 1. The summed E-state index contributed by atoms with van der Waals surface area (Å²) < 4.78 is 17.2. The van der Waals surface area contributed by atoms with Crippen LogP contribution in [0.2, 0.25) is 0 Å². The highest BCUT2D eigenvalue weighted by atomic mass is 16.7. The Morgan fingerprint density at radius 3 is 2.48 bits per heavy atom. The molecule has 0 aromatic rings. The second kappa shape index (κ2) is 8.05. The monoisotopic (exact) mass is 406 g/mol. The topological polar surface area (TPSA) is 61.8 Å². The molecule has 164 valence electrons. The molecule has 0 amide bonds. The number of hydrogen-bond acceptors (Lipinski definition) is 5. The van der Waals surface area contributed by atoms with Gasteiger partial charge in [-0.1, -0.05) is 6.92 Å². The first kappa shape index (κ1) is 21.5. The number of carbonyl (C=O) groups is 2. The Balaban J connectivity index is 1.63. The molecule has 9 atom stereocenters. The second-order valence-electron chi connectivity index (χ2n) is 10.4. The van der Waals surface area contributed by atoms with Gasteiger partial charge in [-0.2, -0.15) is 0 Å². The van der Waals surface area contributed by atoms with Gasteiger partial charge in [0, 0.05) is 25.6 Å². The van der Waals surface area contributed by atoms with Crippen LogP contribution in [0.15, 0.2) is 0 Å². The van der Waals surface area contributed by atoms with E-state index in [-0.39, 0.29) is 29.3 Å². The van der Waals surface area contributed by atoms with Gasteiger partial charge in [-0.15, -0.1) is 0 Å². The third-order valence-electron chi connectivity index (χ3n) is 9.73. The molecule has 1 unspecified atom stereocenters. The minimum Gasteiger partial charge on any atom is -0.381 e. The summed E-state index contributed by atoms with van der Waals surface area (Å²) in [7, 11) is 3.52. The molecule has 4 fully saturated rings. The lowest BCUT2D eigenvalue weighted by Crippen LogP contribution is -2.60. The fraction of sp³-hybridized carbons (Fsp3) is 0.917. The van der Waals surface area contributed by atoms with E-state index >= 15 is 0 Å². The van der Waals surface area contributed by atoms with Crippen LogP contribution in [-0.2, 0) is 23.8 Å². The normalized spacial score (nSPS) is 49.0. The van der Waals surface area contributed by atoms with Crippen molar-refractivity contribution in [3.63, 3.8) is 0 Å². The molecule has 0 aromatic carbocycles. The third kappa shape index (κ3) is 3.14. The van der Waals surface area contributed by atoms with Gasteiger partial charge in [0.2, 0.25) is 0 Å². The first-order valence-electron chi connectivity index (χ1n) is 11.5. The lowest BCUT2D eigenvalue weighted by atomic mass is 9.43. The largest absolute Gasteiger partial charge is 0.381 e. The van der Waals surface area contributed by atoms with Gasteiger partial charge in [0.25, 0.3) is 0 Å². The van der Waals surface area contributed by atoms with Crippen molar-refractivity contribution in [2.75, 3.05) is 21.0 Å². The third-order valence-corrected chi connectivity index (χ3v) is 9.73. The van der Waals surface area contributed by atoms with Crippen LogP contribution < -0.4 is 0 Å². The van der Waals surface area contributed by atoms with Crippen molar-refractivity contribution < 1.29 is 23.8 Å². The maximum Gasteiger partial charge on any atom is 0.146 e.